The number of carbonyl (C=O) groups is 1. The van der Waals surface area contributed by atoms with Gasteiger partial charge in [0, 0.05) is 19.6 Å². The second kappa shape index (κ2) is 7.45. The van der Waals surface area contributed by atoms with Crippen LogP contribution in [-0.4, -0.2) is 52.7 Å². The lowest BCUT2D eigenvalue weighted by Gasteiger charge is -2.42. The van der Waals surface area contributed by atoms with Crippen LogP contribution in [0.2, 0.25) is 0 Å². The summed E-state index contributed by atoms with van der Waals surface area (Å²) in [5.74, 6) is -0.758. The van der Waals surface area contributed by atoms with E-state index in [0.717, 1.165) is 5.56 Å². The molecule has 1 unspecified atom stereocenters. The molecule has 0 aliphatic carbocycles. The van der Waals surface area contributed by atoms with Crippen LogP contribution in [0.25, 0.3) is 0 Å². The molecule has 134 valence electrons. The van der Waals surface area contributed by atoms with E-state index in [4.69, 9.17) is 16.3 Å². The Hall–Kier alpha value is -2.05. The number of ether oxygens (including phenoxy) is 1. The van der Waals surface area contributed by atoms with E-state index < -0.39 is 11.5 Å². The summed E-state index contributed by atoms with van der Waals surface area (Å²) in [6, 6.07) is 6.25. The van der Waals surface area contributed by atoms with E-state index in [1.54, 1.807) is 30.0 Å². The summed E-state index contributed by atoms with van der Waals surface area (Å²) in [6.07, 6.45) is 1.72. The van der Waals surface area contributed by atoms with Crippen molar-refractivity contribution in [3.05, 3.63) is 58.7 Å². The number of aliphatic carboxylic acids is 1. The molecule has 1 atom stereocenters. The average Bonchev–Trinajstić information content (AvgIpc) is 2.57. The molecular weight excluding hydrogens is 347 g/mol. The lowest BCUT2D eigenvalue weighted by Crippen LogP contribution is -2.46. The van der Waals surface area contributed by atoms with E-state index in [1.165, 1.54) is 12.1 Å². The highest BCUT2D eigenvalue weighted by Gasteiger charge is 2.33. The van der Waals surface area contributed by atoms with E-state index in [1.807, 2.05) is 4.90 Å². The van der Waals surface area contributed by atoms with Crippen molar-refractivity contribution in [1.82, 2.24) is 9.80 Å². The summed E-state index contributed by atoms with van der Waals surface area (Å²) >= 11 is 6.52. The summed E-state index contributed by atoms with van der Waals surface area (Å²) in [7, 11) is 0. The Morgan fingerprint density at radius 1 is 1.40 bits per heavy atom. The molecule has 25 heavy (non-hydrogen) atoms. The topological polar surface area (TPSA) is 53.0 Å². The van der Waals surface area contributed by atoms with Gasteiger partial charge in [0.15, 0.2) is 0 Å². The maximum atomic E-state index is 13.5. The Bertz CT molecular complexity index is 729. The van der Waals surface area contributed by atoms with Gasteiger partial charge in [-0.1, -0.05) is 23.7 Å². The first kappa shape index (κ1) is 17.8. The van der Waals surface area contributed by atoms with Gasteiger partial charge in [0.1, 0.15) is 22.7 Å². The van der Waals surface area contributed by atoms with Gasteiger partial charge in [-0.3, -0.25) is 0 Å². The first-order valence-electron chi connectivity index (χ1n) is 8.11. The fourth-order valence-electron chi connectivity index (χ4n) is 3.19. The van der Waals surface area contributed by atoms with Crippen LogP contribution >= 0.6 is 11.6 Å². The quantitative estimate of drug-likeness (QED) is 0.656. The van der Waals surface area contributed by atoms with Gasteiger partial charge in [-0.2, -0.15) is 0 Å². The maximum absolute atomic E-state index is 13.5. The molecule has 5 nitrogen and oxygen atoms in total. The van der Waals surface area contributed by atoms with Crippen LogP contribution in [0.3, 0.4) is 0 Å². The van der Waals surface area contributed by atoms with Crippen molar-refractivity contribution in [2.45, 2.75) is 19.0 Å². The Labute approximate surface area is 150 Å². The van der Waals surface area contributed by atoms with Crippen LogP contribution in [0.1, 0.15) is 12.5 Å². The van der Waals surface area contributed by atoms with Crippen LogP contribution in [0, 0.1) is 5.82 Å². The summed E-state index contributed by atoms with van der Waals surface area (Å²) in [5, 5.41) is 9.74. The van der Waals surface area contributed by atoms with E-state index >= 15 is 0 Å². The van der Waals surface area contributed by atoms with Crippen LogP contribution in [0.4, 0.5) is 4.39 Å². The van der Waals surface area contributed by atoms with Gasteiger partial charge >= 0.3 is 5.97 Å². The minimum atomic E-state index is -0.997. The molecule has 2 heterocycles. The third-order valence-corrected chi connectivity index (χ3v) is 4.70. The van der Waals surface area contributed by atoms with Crippen molar-refractivity contribution in [2.75, 3.05) is 26.3 Å². The SMILES string of the molecule is CC1=CC(Cl)N(Cc2cccc(F)c2)C(N2CCOCC2)=C1C(=O)O. The number of rotatable bonds is 4. The summed E-state index contributed by atoms with van der Waals surface area (Å²) in [6.45, 7) is 4.29. The lowest BCUT2D eigenvalue weighted by atomic mass is 10.0. The van der Waals surface area contributed by atoms with Crippen molar-refractivity contribution in [3.63, 3.8) is 0 Å². The molecule has 0 amide bonds. The average molecular weight is 367 g/mol. The minimum absolute atomic E-state index is 0.232. The second-order valence-electron chi connectivity index (χ2n) is 6.08. The Kier molecular flexibility index (Phi) is 5.30. The van der Waals surface area contributed by atoms with Crippen LogP contribution in [0.15, 0.2) is 47.3 Å². The molecule has 2 aliphatic rings. The molecular formula is C18H20ClFN2O3. The zero-order valence-electron chi connectivity index (χ0n) is 13.9. The molecule has 0 radical (unpaired) electrons. The fourth-order valence-corrected chi connectivity index (χ4v) is 3.54. The molecule has 0 spiro atoms. The number of hydrogen-bond acceptors (Lipinski definition) is 4. The zero-order valence-corrected chi connectivity index (χ0v) is 14.7. The Morgan fingerprint density at radius 3 is 2.76 bits per heavy atom. The first-order valence-corrected chi connectivity index (χ1v) is 8.55. The van der Waals surface area contributed by atoms with Gasteiger partial charge in [0.05, 0.1) is 13.2 Å². The molecule has 0 saturated carbocycles. The number of halogens is 2. The number of carboxylic acid groups (broad SMARTS) is 1. The molecule has 1 N–H and O–H groups in total. The van der Waals surface area contributed by atoms with Gasteiger partial charge in [-0.15, -0.1) is 0 Å². The molecule has 0 aromatic heterocycles. The highest BCUT2D eigenvalue weighted by atomic mass is 35.5. The number of nitrogens with zero attached hydrogens (tertiary/aromatic N) is 2. The Balaban J connectivity index is 2.02. The van der Waals surface area contributed by atoms with Gasteiger partial charge in [0.25, 0.3) is 0 Å². The van der Waals surface area contributed by atoms with Crippen LogP contribution in [-0.2, 0) is 16.1 Å². The zero-order chi connectivity index (χ0) is 18.0. The van der Waals surface area contributed by atoms with Crippen molar-refractivity contribution in [1.29, 1.82) is 0 Å². The Morgan fingerprint density at radius 2 is 2.12 bits per heavy atom. The highest BCUT2D eigenvalue weighted by Crippen LogP contribution is 2.33. The van der Waals surface area contributed by atoms with Crippen molar-refractivity contribution < 1.29 is 19.0 Å². The molecule has 2 aliphatic heterocycles. The van der Waals surface area contributed by atoms with E-state index in [0.29, 0.717) is 44.2 Å². The first-order chi connectivity index (χ1) is 12.0. The fraction of sp³-hybridized carbons (Fsp3) is 0.389. The largest absolute Gasteiger partial charge is 0.478 e. The second-order valence-corrected chi connectivity index (χ2v) is 6.53. The number of benzene rings is 1. The normalized spacial score (nSPS) is 21.4. The van der Waals surface area contributed by atoms with Gasteiger partial charge in [0.2, 0.25) is 0 Å². The number of hydrogen-bond donors (Lipinski definition) is 1. The van der Waals surface area contributed by atoms with Gasteiger partial charge in [-0.25, -0.2) is 9.18 Å². The highest BCUT2D eigenvalue weighted by molar-refractivity contribution is 6.22. The van der Waals surface area contributed by atoms with Crippen molar-refractivity contribution in [3.8, 4) is 0 Å². The van der Waals surface area contributed by atoms with Crippen LogP contribution < -0.4 is 0 Å². The smallest absolute Gasteiger partial charge is 0.339 e. The third kappa shape index (κ3) is 3.80. The maximum Gasteiger partial charge on any atom is 0.339 e. The molecule has 1 fully saturated rings. The summed E-state index contributed by atoms with van der Waals surface area (Å²) < 4.78 is 18.9. The molecule has 1 saturated heterocycles. The minimum Gasteiger partial charge on any atom is -0.478 e. The van der Waals surface area contributed by atoms with E-state index in [9.17, 15) is 14.3 Å². The molecule has 0 bridgehead atoms. The number of carboxylic acids is 1. The van der Waals surface area contributed by atoms with E-state index in [-0.39, 0.29) is 11.4 Å². The molecule has 1 aromatic carbocycles. The van der Waals surface area contributed by atoms with E-state index in [2.05, 4.69) is 0 Å². The number of morpholine rings is 1. The summed E-state index contributed by atoms with van der Waals surface area (Å²) in [5.41, 5.74) is 1.08. The van der Waals surface area contributed by atoms with Gasteiger partial charge in [-0.05, 0) is 36.3 Å². The third-order valence-electron chi connectivity index (χ3n) is 4.34. The molecule has 7 heteroatoms. The monoisotopic (exact) mass is 366 g/mol. The number of alkyl halides is 1. The van der Waals surface area contributed by atoms with Crippen molar-refractivity contribution in [2.24, 2.45) is 0 Å². The molecule has 3 rings (SSSR count). The standard InChI is InChI=1S/C18H20ClFN2O3/c1-12-9-15(19)22(11-13-3-2-4-14(20)10-13)17(16(12)18(23)24)21-5-7-25-8-6-21/h2-4,9-10,15H,5-8,11H2,1H3,(H,23,24). The summed E-state index contributed by atoms with van der Waals surface area (Å²) in [4.78, 5) is 15.7. The predicted molar refractivity (Wildman–Crippen MR) is 92.4 cm³/mol. The molecule has 1 aromatic rings. The lowest BCUT2D eigenvalue weighted by molar-refractivity contribution is -0.132. The predicted octanol–water partition coefficient (Wildman–Crippen LogP) is 2.78. The van der Waals surface area contributed by atoms with Gasteiger partial charge < -0.3 is 19.6 Å². The van der Waals surface area contributed by atoms with Crippen molar-refractivity contribution >= 4 is 17.6 Å². The van der Waals surface area contributed by atoms with Crippen LogP contribution in [0.5, 0.6) is 0 Å².